The molecule has 6 nitrogen and oxygen atoms in total. The minimum atomic E-state index is -0.293. The summed E-state index contributed by atoms with van der Waals surface area (Å²) in [5, 5.41) is 11.1. The molecule has 0 radical (unpaired) electrons. The molecule has 0 spiro atoms. The van der Waals surface area contributed by atoms with Crippen molar-refractivity contribution in [2.75, 3.05) is 11.9 Å². The first-order chi connectivity index (χ1) is 9.19. The van der Waals surface area contributed by atoms with Crippen molar-refractivity contribution < 1.29 is 9.53 Å². The minimum absolute atomic E-state index is 0.0301. The van der Waals surface area contributed by atoms with Crippen LogP contribution in [0.25, 0.3) is 0 Å². The SMILES string of the molecule is Cn1cnc(C(=O)Nc2cccc(OCC#N)c2)c1. The smallest absolute Gasteiger partial charge is 0.275 e. The van der Waals surface area contributed by atoms with Gasteiger partial charge < -0.3 is 14.6 Å². The highest BCUT2D eigenvalue weighted by Crippen LogP contribution is 2.17. The Morgan fingerprint density at radius 2 is 2.42 bits per heavy atom. The van der Waals surface area contributed by atoms with E-state index in [9.17, 15) is 4.79 Å². The van der Waals surface area contributed by atoms with Crippen molar-refractivity contribution in [2.45, 2.75) is 0 Å². The predicted molar refractivity (Wildman–Crippen MR) is 68.7 cm³/mol. The number of aryl methyl sites for hydroxylation is 1. The van der Waals surface area contributed by atoms with Crippen molar-refractivity contribution in [3.8, 4) is 11.8 Å². The van der Waals surface area contributed by atoms with E-state index >= 15 is 0 Å². The number of carbonyl (C=O) groups is 1. The second-order valence-corrected chi connectivity index (χ2v) is 3.85. The van der Waals surface area contributed by atoms with Crippen LogP contribution in [0.1, 0.15) is 10.5 Å². The van der Waals surface area contributed by atoms with Crippen LogP contribution < -0.4 is 10.1 Å². The van der Waals surface area contributed by atoms with Gasteiger partial charge in [0.25, 0.3) is 5.91 Å². The Morgan fingerprint density at radius 1 is 1.58 bits per heavy atom. The van der Waals surface area contributed by atoms with Crippen molar-refractivity contribution in [2.24, 2.45) is 7.05 Å². The maximum atomic E-state index is 11.9. The van der Waals surface area contributed by atoms with Gasteiger partial charge in [0.1, 0.15) is 17.5 Å². The van der Waals surface area contributed by atoms with Crippen LogP contribution in [0.2, 0.25) is 0 Å². The first-order valence-corrected chi connectivity index (χ1v) is 5.58. The summed E-state index contributed by atoms with van der Waals surface area (Å²) in [5.41, 5.74) is 0.928. The van der Waals surface area contributed by atoms with Crippen LogP contribution in [0.15, 0.2) is 36.8 Å². The van der Waals surface area contributed by atoms with Gasteiger partial charge in [-0.25, -0.2) is 4.98 Å². The van der Waals surface area contributed by atoms with E-state index in [2.05, 4.69) is 10.3 Å². The van der Waals surface area contributed by atoms with Crippen molar-refractivity contribution in [3.05, 3.63) is 42.5 Å². The number of hydrogen-bond donors (Lipinski definition) is 1. The fraction of sp³-hybridized carbons (Fsp3) is 0.154. The number of nitrogens with zero attached hydrogens (tertiary/aromatic N) is 3. The molecule has 6 heteroatoms. The van der Waals surface area contributed by atoms with E-state index in [1.807, 2.05) is 6.07 Å². The lowest BCUT2D eigenvalue weighted by Gasteiger charge is -2.06. The van der Waals surface area contributed by atoms with Crippen LogP contribution in [0.5, 0.6) is 5.75 Å². The summed E-state index contributed by atoms with van der Waals surface area (Å²) in [4.78, 5) is 15.8. The summed E-state index contributed by atoms with van der Waals surface area (Å²) in [6, 6.07) is 8.72. The number of carbonyl (C=O) groups excluding carboxylic acids is 1. The van der Waals surface area contributed by atoms with Crippen LogP contribution >= 0.6 is 0 Å². The topological polar surface area (TPSA) is 79.9 Å². The summed E-state index contributed by atoms with van der Waals surface area (Å²) in [7, 11) is 1.79. The highest BCUT2D eigenvalue weighted by atomic mass is 16.5. The second-order valence-electron chi connectivity index (χ2n) is 3.85. The van der Waals surface area contributed by atoms with Crippen molar-refractivity contribution >= 4 is 11.6 Å². The van der Waals surface area contributed by atoms with Crippen molar-refractivity contribution in [1.29, 1.82) is 5.26 Å². The number of benzene rings is 1. The largest absolute Gasteiger partial charge is 0.479 e. The molecule has 0 saturated heterocycles. The number of imidazole rings is 1. The average Bonchev–Trinajstić information content (AvgIpc) is 2.83. The number of amides is 1. The molecule has 0 fully saturated rings. The number of ether oxygens (including phenoxy) is 1. The number of rotatable bonds is 4. The van der Waals surface area contributed by atoms with Crippen LogP contribution in [0, 0.1) is 11.3 Å². The Morgan fingerprint density at radius 3 is 3.11 bits per heavy atom. The van der Waals surface area contributed by atoms with Gasteiger partial charge in [-0.2, -0.15) is 5.26 Å². The van der Waals surface area contributed by atoms with E-state index in [-0.39, 0.29) is 12.5 Å². The van der Waals surface area contributed by atoms with Gasteiger partial charge in [-0.3, -0.25) is 4.79 Å². The Labute approximate surface area is 110 Å². The third-order valence-electron chi connectivity index (χ3n) is 2.33. The van der Waals surface area contributed by atoms with Crippen molar-refractivity contribution in [1.82, 2.24) is 9.55 Å². The molecule has 0 aliphatic carbocycles. The lowest BCUT2D eigenvalue weighted by atomic mass is 10.3. The Balaban J connectivity index is 2.06. The number of aromatic nitrogens is 2. The summed E-state index contributed by atoms with van der Waals surface area (Å²) < 4.78 is 6.85. The molecule has 0 aliphatic rings. The first-order valence-electron chi connectivity index (χ1n) is 5.58. The van der Waals surface area contributed by atoms with Crippen molar-refractivity contribution in [3.63, 3.8) is 0 Å². The van der Waals surface area contributed by atoms with Gasteiger partial charge in [0.2, 0.25) is 0 Å². The van der Waals surface area contributed by atoms with Crippen LogP contribution in [0.3, 0.4) is 0 Å². The van der Waals surface area contributed by atoms with Gasteiger partial charge >= 0.3 is 0 Å². The molecule has 0 unspecified atom stereocenters. The molecule has 2 rings (SSSR count). The molecular weight excluding hydrogens is 244 g/mol. The molecule has 0 aliphatic heterocycles. The lowest BCUT2D eigenvalue weighted by Crippen LogP contribution is -2.12. The third kappa shape index (κ3) is 3.33. The highest BCUT2D eigenvalue weighted by Gasteiger charge is 2.09. The predicted octanol–water partition coefficient (Wildman–Crippen LogP) is 1.57. The van der Waals surface area contributed by atoms with E-state index < -0.39 is 0 Å². The van der Waals surface area contributed by atoms with Crippen LogP contribution in [0.4, 0.5) is 5.69 Å². The molecule has 19 heavy (non-hydrogen) atoms. The third-order valence-corrected chi connectivity index (χ3v) is 2.33. The number of nitriles is 1. The van der Waals surface area contributed by atoms with E-state index in [1.165, 1.54) is 0 Å². The molecule has 96 valence electrons. The number of anilines is 1. The van der Waals surface area contributed by atoms with E-state index in [1.54, 1.807) is 48.4 Å². The molecule has 0 saturated carbocycles. The molecule has 0 atom stereocenters. The molecule has 1 amide bonds. The molecule has 1 aromatic heterocycles. The summed E-state index contributed by atoms with van der Waals surface area (Å²) in [5.74, 6) is 0.235. The average molecular weight is 256 g/mol. The van der Waals surface area contributed by atoms with Crippen LogP contribution in [-0.2, 0) is 7.05 Å². The molecule has 1 heterocycles. The zero-order chi connectivity index (χ0) is 13.7. The lowest BCUT2D eigenvalue weighted by molar-refractivity contribution is 0.102. The van der Waals surface area contributed by atoms with E-state index in [4.69, 9.17) is 10.00 Å². The van der Waals surface area contributed by atoms with E-state index in [0.29, 0.717) is 17.1 Å². The summed E-state index contributed by atoms with van der Waals surface area (Å²) in [6.45, 7) is -0.0301. The zero-order valence-electron chi connectivity index (χ0n) is 10.3. The van der Waals surface area contributed by atoms with Gasteiger partial charge in [0.05, 0.1) is 6.33 Å². The fourth-order valence-electron chi connectivity index (χ4n) is 1.50. The number of nitrogens with one attached hydrogen (secondary N) is 1. The normalized spacial score (nSPS) is 9.68. The Kier molecular flexibility index (Phi) is 3.78. The van der Waals surface area contributed by atoms with Crippen LogP contribution in [-0.4, -0.2) is 22.1 Å². The van der Waals surface area contributed by atoms with Gasteiger partial charge in [-0.05, 0) is 12.1 Å². The van der Waals surface area contributed by atoms with E-state index in [0.717, 1.165) is 0 Å². The Hall–Kier alpha value is -2.81. The van der Waals surface area contributed by atoms with Gasteiger partial charge in [0, 0.05) is 25.0 Å². The van der Waals surface area contributed by atoms with Gasteiger partial charge in [-0.15, -0.1) is 0 Å². The van der Waals surface area contributed by atoms with Gasteiger partial charge in [0.15, 0.2) is 6.61 Å². The van der Waals surface area contributed by atoms with Gasteiger partial charge in [-0.1, -0.05) is 6.07 Å². The first kappa shape index (κ1) is 12.6. The maximum Gasteiger partial charge on any atom is 0.275 e. The highest BCUT2D eigenvalue weighted by molar-refractivity contribution is 6.02. The monoisotopic (exact) mass is 256 g/mol. The molecule has 1 N–H and O–H groups in total. The summed E-state index contributed by atoms with van der Waals surface area (Å²) in [6.07, 6.45) is 3.19. The summed E-state index contributed by atoms with van der Waals surface area (Å²) >= 11 is 0. The number of hydrogen-bond acceptors (Lipinski definition) is 4. The standard InChI is InChI=1S/C13H12N4O2/c1-17-8-12(15-9-17)13(18)16-10-3-2-4-11(7-10)19-6-5-14/h2-4,7-9H,6H2,1H3,(H,16,18). The maximum absolute atomic E-state index is 11.9. The quantitative estimate of drug-likeness (QED) is 0.900. The second kappa shape index (κ2) is 5.69. The zero-order valence-corrected chi connectivity index (χ0v) is 10.3. The Bertz CT molecular complexity index is 628. The molecule has 2 aromatic rings. The molecule has 1 aromatic carbocycles. The molecular formula is C13H12N4O2. The molecule has 0 bridgehead atoms. The fourth-order valence-corrected chi connectivity index (χ4v) is 1.50. The minimum Gasteiger partial charge on any atom is -0.479 e.